The Morgan fingerprint density at radius 3 is 2.30 bits per heavy atom. The molecule has 2 aromatic heterocycles. The van der Waals surface area contributed by atoms with Crippen molar-refractivity contribution in [2.24, 2.45) is 5.41 Å². The number of unbranched alkanes of at least 4 members (excludes halogenated alkanes) is 8. The first-order chi connectivity index (χ1) is 28.6. The molecule has 0 spiro atoms. The number of nitrogens with zero attached hydrogens (tertiary/aromatic N) is 4. The predicted octanol–water partition coefficient (Wildman–Crippen LogP) is 1.95. The first-order valence-electron chi connectivity index (χ1n) is 19.6. The average molecular weight is 949 g/mol. The molecule has 0 saturated carbocycles. The van der Waals surface area contributed by atoms with Crippen LogP contribution < -0.4 is 21.3 Å². The number of thioether (sulfide) groups is 1. The molecule has 7 atom stereocenters. The second-order valence-corrected chi connectivity index (χ2v) is 20.2. The quantitative estimate of drug-likeness (QED) is 0.0427. The van der Waals surface area contributed by atoms with Gasteiger partial charge in [-0.25, -0.2) is 28.4 Å². The molecule has 2 amide bonds. The number of aliphatic hydroxyl groups is 2. The van der Waals surface area contributed by atoms with E-state index in [0.717, 1.165) is 48.2 Å². The highest BCUT2D eigenvalue weighted by molar-refractivity contribution is 8.13. The van der Waals surface area contributed by atoms with E-state index in [-0.39, 0.29) is 41.6 Å². The number of hydrogen-bond acceptors (Lipinski definition) is 19. The van der Waals surface area contributed by atoms with Crippen LogP contribution in [0, 0.1) is 5.41 Å². The lowest BCUT2D eigenvalue weighted by Crippen LogP contribution is -2.46. The number of imidazole rings is 1. The van der Waals surface area contributed by atoms with Gasteiger partial charge in [0.1, 0.15) is 36.3 Å². The van der Waals surface area contributed by atoms with Gasteiger partial charge in [-0.3, -0.25) is 32.6 Å². The van der Waals surface area contributed by atoms with Gasteiger partial charge in [-0.05, 0) is 6.42 Å². The van der Waals surface area contributed by atoms with E-state index in [9.17, 15) is 57.9 Å². The number of carbonyl (C=O) groups is 3. The number of nitrogen functional groups attached to an aromatic ring is 1. The molecule has 0 radical (unpaired) electrons. The smallest absolute Gasteiger partial charge is 0.478 e. The minimum atomic E-state index is -5.75. The summed E-state index contributed by atoms with van der Waals surface area (Å²) in [6, 6.07) is 0. The fourth-order valence-corrected chi connectivity index (χ4v) is 9.45. The Kier molecular flexibility index (Phi) is 21.3. The number of amides is 2. The van der Waals surface area contributed by atoms with Crippen molar-refractivity contribution >= 4 is 69.1 Å². The molecule has 28 heteroatoms. The average Bonchev–Trinajstić information content (AvgIpc) is 3.73. The van der Waals surface area contributed by atoms with E-state index in [1.54, 1.807) is 0 Å². The summed E-state index contributed by atoms with van der Waals surface area (Å²) in [6.45, 7) is 2.60. The van der Waals surface area contributed by atoms with Crippen molar-refractivity contribution in [2.75, 3.05) is 37.8 Å². The van der Waals surface area contributed by atoms with Crippen LogP contribution in [0.4, 0.5) is 5.82 Å². The normalized spacial score (nSPS) is 20.9. The Morgan fingerprint density at radius 1 is 0.984 bits per heavy atom. The summed E-state index contributed by atoms with van der Waals surface area (Å²) in [6.07, 6.45) is 3.88. The summed E-state index contributed by atoms with van der Waals surface area (Å²) in [5, 5.41) is 26.5. The minimum Gasteiger partial charge on any atom is -0.756 e. The van der Waals surface area contributed by atoms with Crippen LogP contribution in [0.3, 0.4) is 0 Å². The van der Waals surface area contributed by atoms with E-state index in [1.807, 2.05) is 0 Å². The number of carbonyl (C=O) groups excluding carboxylic acids is 3. The van der Waals surface area contributed by atoms with Gasteiger partial charge in [0.25, 0.3) is 7.82 Å². The highest BCUT2D eigenvalue weighted by Gasteiger charge is 2.50. The zero-order valence-electron chi connectivity index (χ0n) is 34.1. The third-order valence-electron chi connectivity index (χ3n) is 9.24. The zero-order chi connectivity index (χ0) is 45.4. The number of rotatable bonds is 29. The SMILES string of the molecule is CCCCCCCCCCCC(=O)SCCNC(=O)CCNC(=O)C(O)C(C)(C)COP(=O)([O-])OP(=O)(O)OCC1OC(n2cnc3c(N)ncnc32)C(O)C1OP(=O)(O)O. The van der Waals surface area contributed by atoms with Gasteiger partial charge in [0.2, 0.25) is 11.8 Å². The van der Waals surface area contributed by atoms with Crippen LogP contribution in [0.15, 0.2) is 12.7 Å². The van der Waals surface area contributed by atoms with Crippen LogP contribution in [0.25, 0.3) is 11.2 Å². The molecule has 2 aromatic rings. The highest BCUT2D eigenvalue weighted by atomic mass is 32.2. The molecule has 0 aromatic carbocycles. The number of aromatic nitrogens is 4. The number of ether oxygens (including phenoxy) is 1. The van der Waals surface area contributed by atoms with E-state index in [1.165, 1.54) is 52.4 Å². The molecule has 24 nitrogen and oxygen atoms in total. The third kappa shape index (κ3) is 18.3. The molecule has 1 fully saturated rings. The maximum Gasteiger partial charge on any atom is 0.478 e. The Morgan fingerprint density at radius 2 is 1.64 bits per heavy atom. The fraction of sp³-hybridized carbons (Fsp3) is 0.758. The summed E-state index contributed by atoms with van der Waals surface area (Å²) in [5.74, 6) is -1.06. The van der Waals surface area contributed by atoms with E-state index in [4.69, 9.17) is 15.0 Å². The fourth-order valence-electron chi connectivity index (χ4n) is 5.94. The third-order valence-corrected chi connectivity index (χ3v) is 13.2. The number of anilines is 1. The van der Waals surface area contributed by atoms with Gasteiger partial charge in [0.15, 0.2) is 22.8 Å². The number of fused-ring (bicyclic) bond motifs is 1. The lowest BCUT2D eigenvalue weighted by atomic mass is 9.87. The Hall–Kier alpha value is -2.44. The van der Waals surface area contributed by atoms with Gasteiger partial charge in [0, 0.05) is 37.1 Å². The van der Waals surface area contributed by atoms with E-state index in [2.05, 4.69) is 45.9 Å². The van der Waals surface area contributed by atoms with Crippen molar-refractivity contribution in [1.82, 2.24) is 30.2 Å². The monoisotopic (exact) mass is 948 g/mol. The van der Waals surface area contributed by atoms with Crippen molar-refractivity contribution in [1.29, 1.82) is 0 Å². The summed E-state index contributed by atoms with van der Waals surface area (Å²) >= 11 is 1.14. The zero-order valence-corrected chi connectivity index (χ0v) is 37.6. The molecule has 1 aliphatic rings. The van der Waals surface area contributed by atoms with Gasteiger partial charge in [-0.2, -0.15) is 0 Å². The molecular formula is C33H57N7O17P3S-. The van der Waals surface area contributed by atoms with Crippen LogP contribution in [0.1, 0.15) is 97.6 Å². The molecule has 348 valence electrons. The van der Waals surface area contributed by atoms with Crippen molar-refractivity contribution in [3.63, 3.8) is 0 Å². The van der Waals surface area contributed by atoms with E-state index >= 15 is 0 Å². The molecule has 61 heavy (non-hydrogen) atoms. The van der Waals surface area contributed by atoms with Crippen LogP contribution in [-0.2, 0) is 50.7 Å². The maximum atomic E-state index is 12.7. The second kappa shape index (κ2) is 24.6. The van der Waals surface area contributed by atoms with Crippen molar-refractivity contribution < 1.29 is 80.5 Å². The Bertz CT molecular complexity index is 1890. The van der Waals surface area contributed by atoms with Gasteiger partial charge in [0.05, 0.1) is 19.5 Å². The lowest BCUT2D eigenvalue weighted by molar-refractivity contribution is -0.221. The molecule has 0 aliphatic carbocycles. The first-order valence-corrected chi connectivity index (χ1v) is 25.1. The van der Waals surface area contributed by atoms with Crippen LogP contribution in [0.5, 0.6) is 0 Å². The largest absolute Gasteiger partial charge is 0.756 e. The maximum absolute atomic E-state index is 12.7. The van der Waals surface area contributed by atoms with Gasteiger partial charge >= 0.3 is 15.6 Å². The summed E-state index contributed by atoms with van der Waals surface area (Å²) in [4.78, 5) is 90.3. The number of phosphoric ester groups is 3. The molecule has 1 saturated heterocycles. The molecule has 1 aliphatic heterocycles. The molecule has 9 N–H and O–H groups in total. The van der Waals surface area contributed by atoms with Crippen molar-refractivity contribution in [3.8, 4) is 0 Å². The number of hydrogen-bond donors (Lipinski definition) is 8. The minimum absolute atomic E-state index is 0.0250. The van der Waals surface area contributed by atoms with E-state index in [0.29, 0.717) is 12.2 Å². The highest BCUT2D eigenvalue weighted by Crippen LogP contribution is 2.59. The standard InChI is InChI=1S/C33H58N7O17P3S/c1-4-5-6-7-8-9-10-11-12-13-24(42)61-17-16-35-23(41)14-15-36-31(45)28(44)33(2,3)19-54-60(51,52)57-59(49,50)53-18-22-27(56-58(46,47)48)26(43)32(55-22)40-21-39-25-29(34)37-20-38-30(25)40/h20-22,26-28,32,43-44H,4-19H2,1-3H3,(H,35,41)(H,36,45)(H,49,50)(H,51,52)(H2,34,37,38)(H2,46,47,48)/p-1. The summed E-state index contributed by atoms with van der Waals surface area (Å²) < 4.78 is 61.8. The van der Waals surface area contributed by atoms with Crippen molar-refractivity contribution in [3.05, 3.63) is 12.7 Å². The topological polar surface area (TPSA) is 366 Å². The lowest BCUT2D eigenvalue weighted by Gasteiger charge is -2.32. The molecule has 0 bridgehead atoms. The molecule has 3 rings (SSSR count). The van der Waals surface area contributed by atoms with Gasteiger partial charge in [-0.1, -0.05) is 83.9 Å². The number of aliphatic hydroxyl groups excluding tert-OH is 2. The van der Waals surface area contributed by atoms with Crippen molar-refractivity contribution in [2.45, 2.75) is 122 Å². The van der Waals surface area contributed by atoms with Crippen LogP contribution in [-0.4, -0.2) is 118 Å². The Balaban J connectivity index is 1.38. The summed E-state index contributed by atoms with van der Waals surface area (Å²) in [7, 11) is -16.7. The Labute approximate surface area is 356 Å². The second-order valence-electron chi connectivity index (χ2n) is 14.8. The van der Waals surface area contributed by atoms with Gasteiger partial charge < -0.3 is 55.4 Å². The first kappa shape index (κ1) is 52.9. The molecular weight excluding hydrogens is 891 g/mol. The number of phosphoric acid groups is 3. The molecule has 3 heterocycles. The number of nitrogens with two attached hydrogens (primary N) is 1. The van der Waals surface area contributed by atoms with Crippen LogP contribution >= 0.6 is 35.2 Å². The van der Waals surface area contributed by atoms with E-state index < -0.39 is 84.6 Å². The summed E-state index contributed by atoms with van der Waals surface area (Å²) in [5.41, 5.74) is 4.22. The predicted molar refractivity (Wildman–Crippen MR) is 217 cm³/mol. The van der Waals surface area contributed by atoms with Crippen LogP contribution in [0.2, 0.25) is 0 Å². The number of nitrogens with one attached hydrogen (secondary N) is 2. The van der Waals surface area contributed by atoms with Gasteiger partial charge in [-0.15, -0.1) is 0 Å². The molecule has 7 unspecified atom stereocenters.